The zero-order valence-electron chi connectivity index (χ0n) is 4.82. The Hall–Kier alpha value is -1.38. The van der Waals surface area contributed by atoms with Crippen LogP contribution in [-0.2, 0) is 0 Å². The summed E-state index contributed by atoms with van der Waals surface area (Å²) < 4.78 is 1.31. The SMILES string of the molecule is C=Cn1cccnc1=O. The van der Waals surface area contributed by atoms with E-state index in [4.69, 9.17) is 0 Å². The Kier molecular flexibility index (Phi) is 1.44. The van der Waals surface area contributed by atoms with Crippen LogP contribution in [0.2, 0.25) is 0 Å². The van der Waals surface area contributed by atoms with Crippen LogP contribution < -0.4 is 5.69 Å². The van der Waals surface area contributed by atoms with Gasteiger partial charge in [0.25, 0.3) is 0 Å². The normalized spacial score (nSPS) is 8.89. The molecule has 1 heterocycles. The molecule has 0 aliphatic heterocycles. The molecule has 0 radical (unpaired) electrons. The maximum atomic E-state index is 10.6. The molecule has 1 aromatic rings. The Morgan fingerprint density at radius 2 is 2.56 bits per heavy atom. The van der Waals surface area contributed by atoms with Crippen molar-refractivity contribution in [1.82, 2.24) is 9.55 Å². The van der Waals surface area contributed by atoms with Gasteiger partial charge in [-0.2, -0.15) is 0 Å². The molecule has 0 amide bonds. The van der Waals surface area contributed by atoms with E-state index in [-0.39, 0.29) is 5.69 Å². The summed E-state index contributed by atoms with van der Waals surface area (Å²) in [6, 6.07) is 1.67. The molecule has 1 aromatic heterocycles. The average molecular weight is 122 g/mol. The molecule has 0 aliphatic rings. The third-order valence-electron chi connectivity index (χ3n) is 0.935. The Bertz CT molecular complexity index is 264. The molecular formula is C6H6N2O. The summed E-state index contributed by atoms with van der Waals surface area (Å²) in [7, 11) is 0. The Balaban J connectivity index is 3.32. The average Bonchev–Trinajstić information content (AvgIpc) is 1.89. The molecule has 0 spiro atoms. The van der Waals surface area contributed by atoms with Gasteiger partial charge in [0, 0.05) is 18.6 Å². The molecule has 0 unspecified atom stereocenters. The van der Waals surface area contributed by atoms with Crippen LogP contribution in [0, 0.1) is 0 Å². The minimum atomic E-state index is -0.299. The van der Waals surface area contributed by atoms with Crippen molar-refractivity contribution in [1.29, 1.82) is 0 Å². The highest BCUT2D eigenvalue weighted by molar-refractivity contribution is 5.14. The fourth-order valence-corrected chi connectivity index (χ4v) is 0.507. The second-order valence-corrected chi connectivity index (χ2v) is 1.49. The predicted octanol–water partition coefficient (Wildman–Crippen LogP) is 0.344. The van der Waals surface area contributed by atoms with Crippen LogP contribution in [0.1, 0.15) is 0 Å². The van der Waals surface area contributed by atoms with Crippen LogP contribution in [0.25, 0.3) is 6.20 Å². The lowest BCUT2D eigenvalue weighted by molar-refractivity contribution is 0.963. The second kappa shape index (κ2) is 2.26. The number of nitrogens with zero attached hydrogens (tertiary/aromatic N) is 2. The monoisotopic (exact) mass is 122 g/mol. The van der Waals surface area contributed by atoms with E-state index in [2.05, 4.69) is 11.6 Å². The molecule has 0 saturated carbocycles. The van der Waals surface area contributed by atoms with E-state index in [0.29, 0.717) is 0 Å². The van der Waals surface area contributed by atoms with Crippen molar-refractivity contribution in [3.05, 3.63) is 35.5 Å². The third-order valence-corrected chi connectivity index (χ3v) is 0.935. The highest BCUT2D eigenvalue weighted by Gasteiger charge is 1.83. The molecule has 1 rings (SSSR count). The van der Waals surface area contributed by atoms with Gasteiger partial charge in [-0.15, -0.1) is 0 Å². The highest BCUT2D eigenvalue weighted by atomic mass is 16.1. The molecule has 0 saturated heterocycles. The smallest absolute Gasteiger partial charge is 0.275 e. The maximum absolute atomic E-state index is 10.6. The quantitative estimate of drug-likeness (QED) is 0.538. The zero-order chi connectivity index (χ0) is 6.69. The molecule has 0 aromatic carbocycles. The first-order chi connectivity index (χ1) is 4.34. The van der Waals surface area contributed by atoms with Crippen LogP contribution in [0.3, 0.4) is 0 Å². The van der Waals surface area contributed by atoms with Crippen LogP contribution in [0.5, 0.6) is 0 Å². The molecule has 46 valence electrons. The fourth-order valence-electron chi connectivity index (χ4n) is 0.507. The predicted molar refractivity (Wildman–Crippen MR) is 34.9 cm³/mol. The maximum Gasteiger partial charge on any atom is 0.351 e. The van der Waals surface area contributed by atoms with Gasteiger partial charge in [0.15, 0.2) is 0 Å². The van der Waals surface area contributed by atoms with Crippen molar-refractivity contribution in [3.63, 3.8) is 0 Å². The van der Waals surface area contributed by atoms with Gasteiger partial charge in [-0.3, -0.25) is 4.57 Å². The van der Waals surface area contributed by atoms with Gasteiger partial charge in [-0.1, -0.05) is 6.58 Å². The van der Waals surface area contributed by atoms with Crippen molar-refractivity contribution < 1.29 is 0 Å². The first-order valence-electron chi connectivity index (χ1n) is 2.50. The minimum Gasteiger partial charge on any atom is -0.275 e. The van der Waals surface area contributed by atoms with E-state index >= 15 is 0 Å². The molecule has 0 atom stereocenters. The van der Waals surface area contributed by atoms with E-state index in [1.807, 2.05) is 0 Å². The molecule has 3 heteroatoms. The number of aromatic nitrogens is 2. The highest BCUT2D eigenvalue weighted by Crippen LogP contribution is 1.75. The van der Waals surface area contributed by atoms with E-state index in [9.17, 15) is 4.79 Å². The molecule has 0 N–H and O–H groups in total. The van der Waals surface area contributed by atoms with Crippen molar-refractivity contribution in [2.75, 3.05) is 0 Å². The molecular weight excluding hydrogens is 116 g/mol. The van der Waals surface area contributed by atoms with Crippen molar-refractivity contribution in [2.24, 2.45) is 0 Å². The summed E-state index contributed by atoms with van der Waals surface area (Å²) >= 11 is 0. The molecule has 0 aliphatic carbocycles. The lowest BCUT2D eigenvalue weighted by Gasteiger charge is -1.90. The lowest BCUT2D eigenvalue weighted by Crippen LogP contribution is -2.16. The van der Waals surface area contributed by atoms with Crippen molar-refractivity contribution in [2.45, 2.75) is 0 Å². The first kappa shape index (κ1) is 5.75. The van der Waals surface area contributed by atoms with E-state index in [1.54, 1.807) is 12.3 Å². The summed E-state index contributed by atoms with van der Waals surface area (Å²) in [6.07, 6.45) is 4.46. The zero-order valence-corrected chi connectivity index (χ0v) is 4.82. The second-order valence-electron chi connectivity index (χ2n) is 1.49. The van der Waals surface area contributed by atoms with E-state index in [1.165, 1.54) is 17.0 Å². The van der Waals surface area contributed by atoms with Crippen molar-refractivity contribution >= 4 is 6.20 Å². The van der Waals surface area contributed by atoms with Gasteiger partial charge in [0.2, 0.25) is 0 Å². The summed E-state index contributed by atoms with van der Waals surface area (Å²) in [4.78, 5) is 14.1. The van der Waals surface area contributed by atoms with Gasteiger partial charge in [-0.05, 0) is 6.07 Å². The van der Waals surface area contributed by atoms with Gasteiger partial charge < -0.3 is 0 Å². The molecule has 3 nitrogen and oxygen atoms in total. The van der Waals surface area contributed by atoms with Crippen LogP contribution in [0.15, 0.2) is 29.8 Å². The Morgan fingerprint density at radius 3 is 3.00 bits per heavy atom. The standard InChI is InChI=1S/C6H6N2O/c1-2-8-5-3-4-7-6(8)9/h2-5H,1H2. The van der Waals surface area contributed by atoms with Crippen LogP contribution in [-0.4, -0.2) is 9.55 Å². The topological polar surface area (TPSA) is 34.9 Å². The summed E-state index contributed by atoms with van der Waals surface area (Å²) in [5.41, 5.74) is -0.299. The largest absolute Gasteiger partial charge is 0.351 e. The minimum absolute atomic E-state index is 0.299. The third kappa shape index (κ3) is 1.05. The Labute approximate surface area is 52.3 Å². The van der Waals surface area contributed by atoms with E-state index in [0.717, 1.165) is 0 Å². The van der Waals surface area contributed by atoms with E-state index < -0.39 is 0 Å². The summed E-state index contributed by atoms with van der Waals surface area (Å²) in [6.45, 7) is 3.41. The van der Waals surface area contributed by atoms with Gasteiger partial charge in [0.1, 0.15) is 0 Å². The van der Waals surface area contributed by atoms with Gasteiger partial charge >= 0.3 is 5.69 Å². The van der Waals surface area contributed by atoms with Crippen LogP contribution >= 0.6 is 0 Å². The molecule has 0 fully saturated rings. The summed E-state index contributed by atoms with van der Waals surface area (Å²) in [5, 5.41) is 0. The number of hydrogen-bond donors (Lipinski definition) is 0. The molecule has 9 heavy (non-hydrogen) atoms. The first-order valence-corrected chi connectivity index (χ1v) is 2.50. The van der Waals surface area contributed by atoms with Gasteiger partial charge in [-0.25, -0.2) is 9.78 Å². The molecule has 0 bridgehead atoms. The van der Waals surface area contributed by atoms with Gasteiger partial charge in [0.05, 0.1) is 0 Å². The number of hydrogen-bond acceptors (Lipinski definition) is 2. The lowest BCUT2D eigenvalue weighted by atomic mass is 10.6. The van der Waals surface area contributed by atoms with Crippen LogP contribution in [0.4, 0.5) is 0 Å². The fraction of sp³-hybridized carbons (Fsp3) is 0. The van der Waals surface area contributed by atoms with Crippen molar-refractivity contribution in [3.8, 4) is 0 Å². The summed E-state index contributed by atoms with van der Waals surface area (Å²) in [5.74, 6) is 0. The number of rotatable bonds is 1. The Morgan fingerprint density at radius 1 is 1.78 bits per heavy atom.